The summed E-state index contributed by atoms with van der Waals surface area (Å²) in [5.74, 6) is 3.30. The van der Waals surface area contributed by atoms with Crippen molar-refractivity contribution >= 4 is 39.1 Å². The number of methoxy groups -OCH3 is 3. The number of hydrogen-bond acceptors (Lipinski definition) is 7. The molecule has 2 aromatic heterocycles. The molecule has 1 amide bonds. The van der Waals surface area contributed by atoms with E-state index < -0.39 is 0 Å². The molecule has 0 saturated heterocycles. The molecule has 188 valence electrons. The molecule has 0 bridgehead atoms. The normalized spacial score (nSPS) is 10.4. The zero-order valence-corrected chi connectivity index (χ0v) is 20.9. The number of hydrogen-bond donors (Lipinski definition) is 2. The maximum absolute atomic E-state index is 12.2. The molecule has 3 aromatic carbocycles. The van der Waals surface area contributed by atoms with Gasteiger partial charge in [-0.15, -0.1) is 0 Å². The van der Waals surface area contributed by atoms with Gasteiger partial charge in [0.15, 0.2) is 0 Å². The second-order valence-electron chi connectivity index (χ2n) is 8.18. The van der Waals surface area contributed by atoms with Crippen molar-refractivity contribution in [3.8, 4) is 17.2 Å². The van der Waals surface area contributed by atoms with Crippen LogP contribution < -0.4 is 25.3 Å². The first kappa shape index (κ1) is 25.2. The highest BCUT2D eigenvalue weighted by molar-refractivity contribution is 5.94. The number of amides is 1. The molecule has 2 heterocycles. The lowest BCUT2D eigenvalue weighted by atomic mass is 10.1. The Labute approximate surface area is 215 Å². The molecule has 0 aliphatic rings. The van der Waals surface area contributed by atoms with Crippen molar-refractivity contribution in [2.45, 2.75) is 6.42 Å². The number of nitrogen functional groups attached to an aromatic ring is 1. The van der Waals surface area contributed by atoms with Crippen LogP contribution in [0.1, 0.15) is 5.56 Å². The number of fused-ring (bicyclic) bond motifs is 2. The van der Waals surface area contributed by atoms with Crippen LogP contribution >= 0.6 is 0 Å². The van der Waals surface area contributed by atoms with E-state index in [0.29, 0.717) is 11.6 Å². The first-order valence-corrected chi connectivity index (χ1v) is 11.5. The number of nitrogens with one attached hydrogen (secondary N) is 1. The van der Waals surface area contributed by atoms with Crippen molar-refractivity contribution < 1.29 is 19.0 Å². The fourth-order valence-corrected chi connectivity index (χ4v) is 3.69. The Morgan fingerprint density at radius 1 is 0.703 bits per heavy atom. The van der Waals surface area contributed by atoms with E-state index in [4.69, 9.17) is 19.9 Å². The van der Waals surface area contributed by atoms with E-state index in [9.17, 15) is 4.79 Å². The van der Waals surface area contributed by atoms with Gasteiger partial charge in [0, 0.05) is 23.2 Å². The average Bonchev–Trinajstić information content (AvgIpc) is 2.92. The van der Waals surface area contributed by atoms with Crippen molar-refractivity contribution in [1.82, 2.24) is 9.97 Å². The van der Waals surface area contributed by atoms with Gasteiger partial charge in [-0.25, -0.2) is 9.97 Å². The number of rotatable bonds is 6. The summed E-state index contributed by atoms with van der Waals surface area (Å²) >= 11 is 0. The van der Waals surface area contributed by atoms with Gasteiger partial charge in [-0.1, -0.05) is 12.1 Å². The topological polar surface area (TPSA) is 109 Å². The third kappa shape index (κ3) is 6.64. The van der Waals surface area contributed by atoms with Crippen LogP contribution in [0.5, 0.6) is 17.2 Å². The van der Waals surface area contributed by atoms with Crippen LogP contribution in [0, 0.1) is 0 Å². The standard InChI is InChI=1S/C19H18N2O3.C10H10N2O/c1-23-16-6-3-13(4-7-16)9-19(22)21-18-11-15-10-17(24-2)8-5-14(15)12-20-18;1-13-9-3-2-7-6-12-10(11)5-8(7)4-9/h3-8,10-12H,9H2,1-2H3,(H,20,21,22);2-6H,1H3,(H2,11,12). The lowest BCUT2D eigenvalue weighted by Gasteiger charge is -2.07. The lowest BCUT2D eigenvalue weighted by Crippen LogP contribution is -2.15. The first-order chi connectivity index (χ1) is 18.0. The number of nitrogens with zero attached hydrogens (tertiary/aromatic N) is 2. The van der Waals surface area contributed by atoms with Gasteiger partial charge in [0.25, 0.3) is 0 Å². The first-order valence-electron chi connectivity index (χ1n) is 11.5. The monoisotopic (exact) mass is 496 g/mol. The number of ether oxygens (including phenoxy) is 3. The van der Waals surface area contributed by atoms with Gasteiger partial charge in [0.05, 0.1) is 27.8 Å². The molecule has 8 heteroatoms. The molecule has 0 spiro atoms. The maximum atomic E-state index is 12.2. The summed E-state index contributed by atoms with van der Waals surface area (Å²) in [4.78, 5) is 20.5. The number of aromatic nitrogens is 2. The summed E-state index contributed by atoms with van der Waals surface area (Å²) < 4.78 is 15.4. The lowest BCUT2D eigenvalue weighted by molar-refractivity contribution is -0.115. The van der Waals surface area contributed by atoms with Gasteiger partial charge in [0.1, 0.15) is 28.9 Å². The Bertz CT molecular complexity index is 1520. The zero-order chi connectivity index (χ0) is 26.2. The molecule has 5 rings (SSSR count). The van der Waals surface area contributed by atoms with Crippen LogP contribution in [0.4, 0.5) is 11.6 Å². The second kappa shape index (κ2) is 11.7. The highest BCUT2D eigenvalue weighted by Crippen LogP contribution is 2.23. The maximum Gasteiger partial charge on any atom is 0.229 e. The quantitative estimate of drug-likeness (QED) is 0.330. The zero-order valence-electron chi connectivity index (χ0n) is 20.9. The summed E-state index contributed by atoms with van der Waals surface area (Å²) in [7, 11) is 4.88. The molecule has 0 atom stereocenters. The Morgan fingerprint density at radius 2 is 1.24 bits per heavy atom. The van der Waals surface area contributed by atoms with Crippen molar-refractivity contribution in [2.75, 3.05) is 32.4 Å². The van der Waals surface area contributed by atoms with Crippen molar-refractivity contribution in [1.29, 1.82) is 0 Å². The second-order valence-corrected chi connectivity index (χ2v) is 8.18. The van der Waals surface area contributed by atoms with Gasteiger partial charge in [-0.3, -0.25) is 4.79 Å². The van der Waals surface area contributed by atoms with Gasteiger partial charge in [0.2, 0.25) is 5.91 Å². The van der Waals surface area contributed by atoms with E-state index in [-0.39, 0.29) is 12.3 Å². The van der Waals surface area contributed by atoms with Crippen LogP contribution in [-0.4, -0.2) is 37.2 Å². The predicted molar refractivity (Wildman–Crippen MR) is 146 cm³/mol. The summed E-state index contributed by atoms with van der Waals surface area (Å²) in [6.07, 6.45) is 3.77. The molecule has 0 fully saturated rings. The molecular formula is C29H28N4O4. The average molecular weight is 497 g/mol. The van der Waals surface area contributed by atoms with E-state index in [1.54, 1.807) is 33.7 Å². The van der Waals surface area contributed by atoms with Crippen LogP contribution in [0.3, 0.4) is 0 Å². The molecule has 0 saturated carbocycles. The number of carbonyl (C=O) groups is 1. The highest BCUT2D eigenvalue weighted by atomic mass is 16.5. The summed E-state index contributed by atoms with van der Waals surface area (Å²) in [5, 5.41) is 6.89. The summed E-state index contributed by atoms with van der Waals surface area (Å²) in [6.45, 7) is 0. The van der Waals surface area contributed by atoms with E-state index >= 15 is 0 Å². The van der Waals surface area contributed by atoms with Gasteiger partial charge >= 0.3 is 0 Å². The molecule has 0 aliphatic heterocycles. The van der Waals surface area contributed by atoms with Gasteiger partial charge < -0.3 is 25.3 Å². The number of carbonyl (C=O) groups excluding carboxylic acids is 1. The molecule has 8 nitrogen and oxygen atoms in total. The molecule has 0 unspecified atom stereocenters. The molecule has 5 aromatic rings. The number of benzene rings is 3. The fraction of sp³-hybridized carbons (Fsp3) is 0.138. The van der Waals surface area contributed by atoms with Crippen LogP contribution in [0.2, 0.25) is 0 Å². The Hall–Kier alpha value is -4.85. The minimum atomic E-state index is -0.116. The third-order valence-electron chi connectivity index (χ3n) is 5.67. The fourth-order valence-electron chi connectivity index (χ4n) is 3.69. The summed E-state index contributed by atoms with van der Waals surface area (Å²) in [5.41, 5.74) is 6.48. The Kier molecular flexibility index (Phi) is 8.00. The Balaban J connectivity index is 0.000000207. The minimum Gasteiger partial charge on any atom is -0.497 e. The van der Waals surface area contributed by atoms with Crippen molar-refractivity contribution in [3.63, 3.8) is 0 Å². The van der Waals surface area contributed by atoms with Crippen molar-refractivity contribution in [2.24, 2.45) is 0 Å². The molecule has 0 radical (unpaired) electrons. The Morgan fingerprint density at radius 3 is 1.84 bits per heavy atom. The van der Waals surface area contributed by atoms with Crippen LogP contribution in [-0.2, 0) is 11.2 Å². The van der Waals surface area contributed by atoms with Gasteiger partial charge in [-0.05, 0) is 77.0 Å². The van der Waals surface area contributed by atoms with E-state index in [1.807, 2.05) is 72.8 Å². The third-order valence-corrected chi connectivity index (χ3v) is 5.67. The largest absolute Gasteiger partial charge is 0.497 e. The predicted octanol–water partition coefficient (Wildman–Crippen LogP) is 5.26. The number of anilines is 2. The highest BCUT2D eigenvalue weighted by Gasteiger charge is 2.07. The van der Waals surface area contributed by atoms with Gasteiger partial charge in [-0.2, -0.15) is 0 Å². The molecule has 0 aliphatic carbocycles. The van der Waals surface area contributed by atoms with E-state index in [0.717, 1.165) is 44.4 Å². The smallest absolute Gasteiger partial charge is 0.229 e. The minimum absolute atomic E-state index is 0.116. The van der Waals surface area contributed by atoms with Crippen LogP contribution in [0.15, 0.2) is 85.2 Å². The van der Waals surface area contributed by atoms with E-state index in [2.05, 4.69) is 15.3 Å². The van der Waals surface area contributed by atoms with E-state index in [1.165, 1.54) is 0 Å². The number of nitrogens with two attached hydrogens (primary N) is 1. The van der Waals surface area contributed by atoms with Crippen molar-refractivity contribution in [3.05, 3.63) is 90.8 Å². The molecular weight excluding hydrogens is 468 g/mol. The summed E-state index contributed by atoms with van der Waals surface area (Å²) in [6, 6.07) is 22.6. The molecule has 37 heavy (non-hydrogen) atoms. The molecule has 3 N–H and O–H groups in total. The van der Waals surface area contributed by atoms with Crippen LogP contribution in [0.25, 0.3) is 21.5 Å². The number of pyridine rings is 2. The SMILES string of the molecule is COc1ccc(CC(=O)Nc2cc3cc(OC)ccc3cn2)cc1.COc1ccc2cnc(N)cc2c1.